The van der Waals surface area contributed by atoms with Crippen molar-refractivity contribution in [2.75, 3.05) is 5.32 Å². The van der Waals surface area contributed by atoms with Crippen molar-refractivity contribution in [3.63, 3.8) is 0 Å². The third-order valence-electron chi connectivity index (χ3n) is 2.38. The van der Waals surface area contributed by atoms with E-state index in [4.69, 9.17) is 16.7 Å². The summed E-state index contributed by atoms with van der Waals surface area (Å²) in [7, 11) is 0. The normalized spacial score (nSPS) is 11.1. The minimum Gasteiger partial charge on any atom is -0.481 e. The van der Waals surface area contributed by atoms with Crippen molar-refractivity contribution >= 4 is 29.2 Å². The number of benzene rings is 1. The maximum absolute atomic E-state index is 13.1. The van der Waals surface area contributed by atoms with Crippen LogP contribution in [-0.4, -0.2) is 17.0 Å². The molecule has 0 atom stereocenters. The minimum absolute atomic E-state index is 0.0427. The zero-order valence-electron chi connectivity index (χ0n) is 9.96. The number of carbonyl (C=O) groups excluding carboxylic acids is 1. The molecule has 0 unspecified atom stereocenters. The van der Waals surface area contributed by atoms with Gasteiger partial charge >= 0.3 is 5.97 Å². The van der Waals surface area contributed by atoms with Gasteiger partial charge in [0.2, 0.25) is 5.91 Å². The number of hydrogen-bond acceptors (Lipinski definition) is 2. The topological polar surface area (TPSA) is 66.4 Å². The van der Waals surface area contributed by atoms with Gasteiger partial charge in [0.05, 0.1) is 10.4 Å². The Morgan fingerprint density at radius 3 is 2.56 bits per heavy atom. The van der Waals surface area contributed by atoms with Gasteiger partial charge in [-0.3, -0.25) is 9.59 Å². The van der Waals surface area contributed by atoms with Crippen molar-refractivity contribution in [3.05, 3.63) is 29.0 Å². The number of rotatable bonds is 4. The average Bonchev–Trinajstić information content (AvgIpc) is 2.22. The van der Waals surface area contributed by atoms with Crippen LogP contribution >= 0.6 is 11.6 Å². The Kier molecular flexibility index (Phi) is 4.29. The molecule has 4 nitrogen and oxygen atoms in total. The first-order chi connectivity index (χ1) is 8.22. The molecule has 1 amide bonds. The van der Waals surface area contributed by atoms with Gasteiger partial charge in [-0.25, -0.2) is 4.39 Å². The summed E-state index contributed by atoms with van der Waals surface area (Å²) >= 11 is 5.50. The molecule has 1 aromatic rings. The molecule has 18 heavy (non-hydrogen) atoms. The molecule has 0 aliphatic rings. The van der Waals surface area contributed by atoms with E-state index in [1.54, 1.807) is 0 Å². The summed E-state index contributed by atoms with van der Waals surface area (Å²) in [5.41, 5.74) is -0.933. The maximum atomic E-state index is 13.1. The van der Waals surface area contributed by atoms with Crippen LogP contribution in [0.3, 0.4) is 0 Å². The van der Waals surface area contributed by atoms with Gasteiger partial charge < -0.3 is 10.4 Å². The van der Waals surface area contributed by atoms with Gasteiger partial charge in [0.25, 0.3) is 0 Å². The fraction of sp³-hybridized carbons (Fsp3) is 0.333. The fourth-order valence-corrected chi connectivity index (χ4v) is 1.37. The SMILES string of the molecule is CC(C)(CC(=O)Nc1ccc(Cl)c(F)c1)C(=O)O. The summed E-state index contributed by atoms with van der Waals surface area (Å²) in [6.45, 7) is 2.88. The highest BCUT2D eigenvalue weighted by molar-refractivity contribution is 6.30. The van der Waals surface area contributed by atoms with Crippen molar-refractivity contribution in [1.82, 2.24) is 0 Å². The number of amides is 1. The lowest BCUT2D eigenvalue weighted by molar-refractivity contribution is -0.148. The van der Waals surface area contributed by atoms with Gasteiger partial charge in [0.1, 0.15) is 5.82 Å². The van der Waals surface area contributed by atoms with E-state index in [9.17, 15) is 14.0 Å². The molecule has 0 spiro atoms. The highest BCUT2D eigenvalue weighted by Gasteiger charge is 2.30. The van der Waals surface area contributed by atoms with Crippen LogP contribution in [-0.2, 0) is 9.59 Å². The number of anilines is 1. The molecule has 0 aromatic heterocycles. The van der Waals surface area contributed by atoms with Crippen LogP contribution in [0.25, 0.3) is 0 Å². The van der Waals surface area contributed by atoms with Gasteiger partial charge in [-0.05, 0) is 32.0 Å². The molecule has 98 valence electrons. The average molecular weight is 274 g/mol. The van der Waals surface area contributed by atoms with Crippen LogP contribution in [0.5, 0.6) is 0 Å². The van der Waals surface area contributed by atoms with Crippen molar-refractivity contribution in [1.29, 1.82) is 0 Å². The van der Waals surface area contributed by atoms with Crippen LogP contribution in [0.4, 0.5) is 10.1 Å². The molecule has 0 saturated heterocycles. The molecule has 0 bridgehead atoms. The van der Waals surface area contributed by atoms with Crippen molar-refractivity contribution < 1.29 is 19.1 Å². The Labute approximate surface area is 109 Å². The smallest absolute Gasteiger partial charge is 0.309 e. The number of nitrogens with one attached hydrogen (secondary N) is 1. The largest absolute Gasteiger partial charge is 0.481 e. The zero-order chi connectivity index (χ0) is 13.9. The molecular formula is C12H13ClFNO3. The quantitative estimate of drug-likeness (QED) is 0.886. The van der Waals surface area contributed by atoms with E-state index < -0.39 is 23.1 Å². The Morgan fingerprint density at radius 2 is 2.06 bits per heavy atom. The first-order valence-electron chi connectivity index (χ1n) is 5.20. The first kappa shape index (κ1) is 14.4. The molecule has 1 rings (SSSR count). The van der Waals surface area contributed by atoms with Gasteiger partial charge in [0.15, 0.2) is 0 Å². The van der Waals surface area contributed by atoms with Gasteiger partial charge in [-0.1, -0.05) is 11.6 Å². The molecule has 0 aliphatic carbocycles. The summed E-state index contributed by atoms with van der Waals surface area (Å²) in [5.74, 6) is -2.21. The number of halogens is 2. The molecule has 0 saturated carbocycles. The molecule has 2 N–H and O–H groups in total. The summed E-state index contributed by atoms with van der Waals surface area (Å²) in [6.07, 6.45) is -0.202. The second-order valence-electron chi connectivity index (χ2n) is 4.54. The minimum atomic E-state index is -1.17. The Hall–Kier alpha value is -1.62. The number of carboxylic acids is 1. The Bertz CT molecular complexity index is 488. The van der Waals surface area contributed by atoms with E-state index in [0.29, 0.717) is 0 Å². The summed E-state index contributed by atoms with van der Waals surface area (Å²) < 4.78 is 13.1. The van der Waals surface area contributed by atoms with Crippen LogP contribution in [0.1, 0.15) is 20.3 Å². The van der Waals surface area contributed by atoms with Crippen molar-refractivity contribution in [3.8, 4) is 0 Å². The molecule has 0 aliphatic heterocycles. The molecule has 1 aromatic carbocycles. The fourth-order valence-electron chi connectivity index (χ4n) is 1.26. The van der Waals surface area contributed by atoms with E-state index >= 15 is 0 Å². The third kappa shape index (κ3) is 3.70. The van der Waals surface area contributed by atoms with Crippen LogP contribution in [0.2, 0.25) is 5.02 Å². The lowest BCUT2D eigenvalue weighted by Crippen LogP contribution is -2.29. The molecular weight excluding hydrogens is 261 g/mol. The first-order valence-corrected chi connectivity index (χ1v) is 5.58. The third-order valence-corrected chi connectivity index (χ3v) is 2.69. The second-order valence-corrected chi connectivity index (χ2v) is 4.95. The van der Waals surface area contributed by atoms with Crippen LogP contribution < -0.4 is 5.32 Å². The number of aliphatic carboxylic acids is 1. The van der Waals surface area contributed by atoms with E-state index in [0.717, 1.165) is 6.07 Å². The highest BCUT2D eigenvalue weighted by Crippen LogP contribution is 2.23. The van der Waals surface area contributed by atoms with E-state index in [1.165, 1.54) is 26.0 Å². The van der Waals surface area contributed by atoms with E-state index in [1.807, 2.05) is 0 Å². The van der Waals surface area contributed by atoms with Gasteiger partial charge in [-0.15, -0.1) is 0 Å². The van der Waals surface area contributed by atoms with E-state index in [-0.39, 0.29) is 17.1 Å². The highest BCUT2D eigenvalue weighted by atomic mass is 35.5. The maximum Gasteiger partial charge on any atom is 0.309 e. The van der Waals surface area contributed by atoms with Gasteiger partial charge in [0, 0.05) is 12.1 Å². The van der Waals surface area contributed by atoms with Crippen LogP contribution in [0.15, 0.2) is 18.2 Å². The summed E-state index contributed by atoms with van der Waals surface area (Å²) in [4.78, 5) is 22.4. The molecule has 6 heteroatoms. The summed E-state index contributed by atoms with van der Waals surface area (Å²) in [6, 6.07) is 3.83. The Morgan fingerprint density at radius 1 is 1.44 bits per heavy atom. The molecule has 0 fully saturated rings. The monoisotopic (exact) mass is 273 g/mol. The number of hydrogen-bond donors (Lipinski definition) is 2. The van der Waals surface area contributed by atoms with Crippen LogP contribution in [0, 0.1) is 11.2 Å². The Balaban J connectivity index is 2.71. The van der Waals surface area contributed by atoms with E-state index in [2.05, 4.69) is 5.32 Å². The number of carboxylic acid groups (broad SMARTS) is 1. The zero-order valence-corrected chi connectivity index (χ0v) is 10.7. The second kappa shape index (κ2) is 5.35. The van der Waals surface area contributed by atoms with Gasteiger partial charge in [-0.2, -0.15) is 0 Å². The standard InChI is InChI=1S/C12H13ClFNO3/c1-12(2,11(17)18)6-10(16)15-7-3-4-8(13)9(14)5-7/h3-5H,6H2,1-2H3,(H,15,16)(H,17,18). The van der Waals surface area contributed by atoms with Crippen molar-refractivity contribution in [2.45, 2.75) is 20.3 Å². The lowest BCUT2D eigenvalue weighted by Gasteiger charge is -2.18. The predicted molar refractivity (Wildman–Crippen MR) is 66.1 cm³/mol. The molecule has 0 radical (unpaired) electrons. The predicted octanol–water partition coefficient (Wildman–Crippen LogP) is 2.92. The molecule has 0 heterocycles. The van der Waals surface area contributed by atoms with Crippen molar-refractivity contribution in [2.24, 2.45) is 5.41 Å². The summed E-state index contributed by atoms with van der Waals surface area (Å²) in [5, 5.41) is 11.3. The number of carbonyl (C=O) groups is 2. The lowest BCUT2D eigenvalue weighted by atomic mass is 9.89.